The second kappa shape index (κ2) is 5.70. The highest BCUT2D eigenvalue weighted by Gasteiger charge is 2.26. The quantitative estimate of drug-likeness (QED) is 0.747. The van der Waals surface area contributed by atoms with E-state index in [1.165, 1.54) is 0 Å². The first-order chi connectivity index (χ1) is 8.26. The molecule has 1 saturated heterocycles. The molecule has 0 saturated carbocycles. The van der Waals surface area contributed by atoms with E-state index >= 15 is 0 Å². The van der Waals surface area contributed by atoms with Gasteiger partial charge in [0.05, 0.1) is 17.2 Å². The average Bonchev–Trinajstić information content (AvgIpc) is 2.80. The molecule has 1 amide bonds. The van der Waals surface area contributed by atoms with Gasteiger partial charge in [-0.3, -0.25) is 4.79 Å². The van der Waals surface area contributed by atoms with E-state index in [2.05, 4.69) is 6.07 Å². The fourth-order valence-electron chi connectivity index (χ4n) is 1.78. The van der Waals surface area contributed by atoms with Crippen LogP contribution in [0.1, 0.15) is 33.1 Å². The Balaban J connectivity index is 2.49. The average molecular weight is 272 g/mol. The smallest absolute Gasteiger partial charge is 0.237 e. The molecule has 0 aromatic carbocycles. The van der Waals surface area contributed by atoms with Crippen molar-refractivity contribution < 1.29 is 13.2 Å². The van der Waals surface area contributed by atoms with Gasteiger partial charge in [-0.25, -0.2) is 8.42 Å². The number of sulfone groups is 1. The van der Waals surface area contributed by atoms with Crippen LogP contribution in [-0.2, 0) is 14.6 Å². The second-order valence-corrected chi connectivity index (χ2v) is 7.61. The topological polar surface area (TPSA) is 78.2 Å². The van der Waals surface area contributed by atoms with Gasteiger partial charge in [0.1, 0.15) is 5.75 Å². The molecule has 0 bridgehead atoms. The van der Waals surface area contributed by atoms with Gasteiger partial charge in [0.2, 0.25) is 5.91 Å². The number of nitriles is 1. The van der Waals surface area contributed by atoms with E-state index in [9.17, 15) is 13.2 Å². The molecule has 0 aromatic heterocycles. The molecule has 1 rings (SSSR count). The molecular formula is C12H20N2O3S. The highest BCUT2D eigenvalue weighted by atomic mass is 32.2. The summed E-state index contributed by atoms with van der Waals surface area (Å²) in [7, 11) is -3.40. The van der Waals surface area contributed by atoms with E-state index in [-0.39, 0.29) is 18.1 Å². The first-order valence-corrected chi connectivity index (χ1v) is 7.97. The van der Waals surface area contributed by atoms with Crippen LogP contribution in [0.5, 0.6) is 0 Å². The minimum absolute atomic E-state index is 0.104. The number of carbonyl (C=O) groups excluding carboxylic acids is 1. The van der Waals surface area contributed by atoms with Crippen molar-refractivity contribution in [2.75, 3.05) is 24.6 Å². The van der Waals surface area contributed by atoms with Crippen molar-refractivity contribution in [3.8, 4) is 6.07 Å². The number of carbonyl (C=O) groups is 1. The van der Waals surface area contributed by atoms with Crippen LogP contribution >= 0.6 is 0 Å². The van der Waals surface area contributed by atoms with Gasteiger partial charge in [-0.05, 0) is 33.1 Å². The van der Waals surface area contributed by atoms with Crippen molar-refractivity contribution >= 4 is 15.7 Å². The van der Waals surface area contributed by atoms with Crippen LogP contribution in [0.3, 0.4) is 0 Å². The normalized spacial score (nSPS) is 16.6. The van der Waals surface area contributed by atoms with E-state index in [0.29, 0.717) is 13.1 Å². The maximum absolute atomic E-state index is 11.8. The molecule has 0 aliphatic carbocycles. The van der Waals surface area contributed by atoms with Gasteiger partial charge in [-0.1, -0.05) is 0 Å². The van der Waals surface area contributed by atoms with Gasteiger partial charge in [-0.15, -0.1) is 0 Å². The van der Waals surface area contributed by atoms with Gasteiger partial charge in [0, 0.05) is 13.1 Å². The molecule has 0 aromatic rings. The maximum atomic E-state index is 11.8. The fraction of sp³-hybridized carbons (Fsp3) is 0.833. The molecule has 1 aliphatic heterocycles. The minimum atomic E-state index is -3.40. The van der Waals surface area contributed by atoms with E-state index < -0.39 is 21.0 Å². The lowest BCUT2D eigenvalue weighted by Crippen LogP contribution is -2.34. The van der Waals surface area contributed by atoms with E-state index in [1.807, 2.05) is 0 Å². The Bertz CT molecular complexity index is 442. The van der Waals surface area contributed by atoms with Crippen molar-refractivity contribution in [1.29, 1.82) is 5.26 Å². The molecule has 0 spiro atoms. The summed E-state index contributed by atoms with van der Waals surface area (Å²) in [4.78, 5) is 13.3. The largest absolute Gasteiger partial charge is 0.342 e. The lowest BCUT2D eigenvalue weighted by molar-refractivity contribution is -0.127. The Kier molecular flexibility index (Phi) is 4.74. The Labute approximate surface area is 109 Å². The Morgan fingerprint density at radius 1 is 1.33 bits per heavy atom. The second-order valence-electron chi connectivity index (χ2n) is 5.43. The molecule has 102 valence electrons. The number of amides is 1. The summed E-state index contributed by atoms with van der Waals surface area (Å²) in [6, 6.07) is 2.06. The van der Waals surface area contributed by atoms with Crippen LogP contribution in [0.15, 0.2) is 0 Å². The summed E-state index contributed by atoms with van der Waals surface area (Å²) in [6.07, 6.45) is 2.17. The molecule has 0 N–H and O–H groups in total. The maximum Gasteiger partial charge on any atom is 0.237 e. The van der Waals surface area contributed by atoms with E-state index in [4.69, 9.17) is 5.26 Å². The molecule has 0 unspecified atom stereocenters. The minimum Gasteiger partial charge on any atom is -0.342 e. The standard InChI is InChI=1S/C12H20N2O3S/c1-12(2,10-13)5-8-18(16,17)9-11(15)14-6-3-4-7-14/h3-9H2,1-2H3. The number of rotatable bonds is 5. The zero-order chi connectivity index (χ0) is 13.8. The first kappa shape index (κ1) is 15.0. The Morgan fingerprint density at radius 3 is 2.39 bits per heavy atom. The first-order valence-electron chi connectivity index (χ1n) is 6.15. The zero-order valence-corrected chi connectivity index (χ0v) is 11.8. The van der Waals surface area contributed by atoms with Crippen molar-refractivity contribution in [3.63, 3.8) is 0 Å². The van der Waals surface area contributed by atoms with Crippen molar-refractivity contribution in [1.82, 2.24) is 4.90 Å². The third-order valence-electron chi connectivity index (χ3n) is 3.14. The summed E-state index contributed by atoms with van der Waals surface area (Å²) in [5.74, 6) is -0.830. The van der Waals surface area contributed by atoms with Crippen LogP contribution in [0, 0.1) is 16.7 Å². The molecule has 1 aliphatic rings. The number of likely N-dealkylation sites (tertiary alicyclic amines) is 1. The number of hydrogen-bond donors (Lipinski definition) is 0. The van der Waals surface area contributed by atoms with Crippen LogP contribution in [-0.4, -0.2) is 43.8 Å². The summed E-state index contributed by atoms with van der Waals surface area (Å²) in [6.45, 7) is 4.73. The van der Waals surface area contributed by atoms with Gasteiger partial charge in [0.25, 0.3) is 0 Å². The molecule has 0 radical (unpaired) electrons. The number of hydrogen-bond acceptors (Lipinski definition) is 4. The lowest BCUT2D eigenvalue weighted by Gasteiger charge is -2.17. The van der Waals surface area contributed by atoms with Crippen molar-refractivity contribution in [2.45, 2.75) is 33.1 Å². The molecule has 1 fully saturated rings. The van der Waals surface area contributed by atoms with Gasteiger partial charge in [0.15, 0.2) is 9.84 Å². The van der Waals surface area contributed by atoms with Gasteiger partial charge >= 0.3 is 0 Å². The summed E-state index contributed by atoms with van der Waals surface area (Å²) < 4.78 is 23.6. The van der Waals surface area contributed by atoms with Crippen LogP contribution in [0.4, 0.5) is 0 Å². The lowest BCUT2D eigenvalue weighted by atomic mass is 9.93. The molecule has 1 heterocycles. The van der Waals surface area contributed by atoms with Crippen LogP contribution in [0.25, 0.3) is 0 Å². The summed E-state index contributed by atoms with van der Waals surface area (Å²) >= 11 is 0. The highest BCUT2D eigenvalue weighted by Crippen LogP contribution is 2.19. The van der Waals surface area contributed by atoms with E-state index in [0.717, 1.165) is 12.8 Å². The molecule has 5 nitrogen and oxygen atoms in total. The van der Waals surface area contributed by atoms with Gasteiger partial charge < -0.3 is 4.90 Å². The molecule has 18 heavy (non-hydrogen) atoms. The summed E-state index contributed by atoms with van der Waals surface area (Å²) in [5, 5.41) is 8.83. The van der Waals surface area contributed by atoms with E-state index in [1.54, 1.807) is 18.7 Å². The molecule has 6 heteroatoms. The monoisotopic (exact) mass is 272 g/mol. The highest BCUT2D eigenvalue weighted by molar-refractivity contribution is 7.92. The van der Waals surface area contributed by atoms with Crippen molar-refractivity contribution in [3.05, 3.63) is 0 Å². The third-order valence-corrected chi connectivity index (χ3v) is 4.66. The third kappa shape index (κ3) is 4.65. The molecular weight excluding hydrogens is 252 g/mol. The predicted molar refractivity (Wildman–Crippen MR) is 68.5 cm³/mol. The van der Waals surface area contributed by atoms with Crippen molar-refractivity contribution in [2.24, 2.45) is 5.41 Å². The fourth-order valence-corrected chi connectivity index (χ4v) is 3.31. The Hall–Kier alpha value is -1.09. The van der Waals surface area contributed by atoms with Crippen LogP contribution in [0.2, 0.25) is 0 Å². The predicted octanol–water partition coefficient (Wildman–Crippen LogP) is 0.963. The van der Waals surface area contributed by atoms with Crippen LogP contribution < -0.4 is 0 Å². The summed E-state index contributed by atoms with van der Waals surface area (Å²) in [5.41, 5.74) is -0.663. The number of nitrogens with zero attached hydrogens (tertiary/aromatic N) is 2. The zero-order valence-electron chi connectivity index (χ0n) is 11.0. The molecule has 0 atom stereocenters. The van der Waals surface area contributed by atoms with Gasteiger partial charge in [-0.2, -0.15) is 5.26 Å². The Morgan fingerprint density at radius 2 is 1.89 bits per heavy atom. The SMILES string of the molecule is CC(C)(C#N)CCS(=O)(=O)CC(=O)N1CCCC1.